The van der Waals surface area contributed by atoms with Gasteiger partial charge in [-0.1, -0.05) is 28.1 Å². The van der Waals surface area contributed by atoms with E-state index in [1.807, 2.05) is 31.9 Å². The number of fused-ring (bicyclic) bond motifs is 1. The minimum Gasteiger partial charge on any atom is -0.444 e. The summed E-state index contributed by atoms with van der Waals surface area (Å²) in [5, 5.41) is 0. The predicted molar refractivity (Wildman–Crippen MR) is 164 cm³/mol. The molecule has 1 aliphatic carbocycles. The summed E-state index contributed by atoms with van der Waals surface area (Å²) in [6, 6.07) is 5.02. The average Bonchev–Trinajstić information content (AvgIpc) is 3.03. The number of amides is 1. The maximum atomic E-state index is 12.5. The first-order chi connectivity index (χ1) is 18.0. The van der Waals surface area contributed by atoms with E-state index in [1.165, 1.54) is 39.6 Å². The summed E-state index contributed by atoms with van der Waals surface area (Å²) in [5.74, 6) is 1.44. The Kier molecular flexibility index (Phi) is 9.97. The molecule has 7 heteroatoms. The van der Waals surface area contributed by atoms with Crippen LogP contribution in [-0.4, -0.2) is 60.9 Å². The van der Waals surface area contributed by atoms with Gasteiger partial charge in [-0.2, -0.15) is 0 Å². The molecule has 1 atom stereocenters. The van der Waals surface area contributed by atoms with Gasteiger partial charge in [-0.15, -0.1) is 0 Å². The summed E-state index contributed by atoms with van der Waals surface area (Å²) < 4.78 is 7.81. The lowest BCUT2D eigenvalue weighted by Gasteiger charge is -2.42. The third kappa shape index (κ3) is 7.60. The fraction of sp³-hybridized carbons (Fsp3) is 0.613. The molecule has 38 heavy (non-hydrogen) atoms. The van der Waals surface area contributed by atoms with Gasteiger partial charge in [-0.3, -0.25) is 9.89 Å². The van der Waals surface area contributed by atoms with Crippen molar-refractivity contribution in [2.24, 2.45) is 16.8 Å². The molecule has 0 radical (unpaired) electrons. The van der Waals surface area contributed by atoms with E-state index in [0.29, 0.717) is 5.92 Å². The molecule has 2 aliphatic heterocycles. The molecule has 2 saturated heterocycles. The second-order valence-electron chi connectivity index (χ2n) is 12.1. The number of rotatable bonds is 4. The van der Waals surface area contributed by atoms with E-state index in [0.717, 1.165) is 62.3 Å². The van der Waals surface area contributed by atoms with Gasteiger partial charge in [0.05, 0.1) is 6.04 Å². The summed E-state index contributed by atoms with van der Waals surface area (Å²) in [5.41, 5.74) is 5.14. The van der Waals surface area contributed by atoms with Gasteiger partial charge in [-0.25, -0.2) is 4.79 Å². The standard InChI is InChI=1S/C31H43Br2N3O2/c1-21-16-25-7-6-22(17-26(32)20-34-5)18-29(27(25)19-28(21)33)35-12-8-23(9-13-35)24-10-14-36(15-11-24)30(37)38-31(2,3)4/h16-20,23-24,29H,6-15H2,1-5H3/b26-17+,34-20?. The topological polar surface area (TPSA) is 45.1 Å². The van der Waals surface area contributed by atoms with Gasteiger partial charge in [0.1, 0.15) is 5.60 Å². The van der Waals surface area contributed by atoms with Crippen LogP contribution in [0.4, 0.5) is 4.79 Å². The molecule has 2 heterocycles. The van der Waals surface area contributed by atoms with Gasteiger partial charge in [0.2, 0.25) is 0 Å². The van der Waals surface area contributed by atoms with Gasteiger partial charge in [-0.05, 0) is 141 Å². The summed E-state index contributed by atoms with van der Waals surface area (Å²) >= 11 is 7.48. The number of allylic oxidation sites excluding steroid dienone is 3. The van der Waals surface area contributed by atoms with Crippen LogP contribution in [0.3, 0.4) is 0 Å². The summed E-state index contributed by atoms with van der Waals surface area (Å²) in [4.78, 5) is 21.2. The Morgan fingerprint density at radius 2 is 1.68 bits per heavy atom. The molecule has 0 bridgehead atoms. The molecule has 1 aromatic carbocycles. The highest BCUT2D eigenvalue weighted by Crippen LogP contribution is 2.40. The minimum atomic E-state index is -0.435. The van der Waals surface area contributed by atoms with Crippen LogP contribution in [0.1, 0.15) is 75.6 Å². The molecule has 1 aromatic rings. The lowest BCUT2D eigenvalue weighted by molar-refractivity contribution is 0.0130. The molecular formula is C31H43Br2N3O2. The Hall–Kier alpha value is -1.44. The second-order valence-corrected chi connectivity index (χ2v) is 13.9. The Bertz CT molecular complexity index is 1090. The predicted octanol–water partition coefficient (Wildman–Crippen LogP) is 8.01. The second kappa shape index (κ2) is 12.8. The zero-order valence-electron chi connectivity index (χ0n) is 23.6. The summed E-state index contributed by atoms with van der Waals surface area (Å²) in [6.45, 7) is 11.8. The third-order valence-corrected chi connectivity index (χ3v) is 9.48. The van der Waals surface area contributed by atoms with Crippen molar-refractivity contribution in [2.45, 2.75) is 77.9 Å². The van der Waals surface area contributed by atoms with Gasteiger partial charge in [0.15, 0.2) is 0 Å². The fourth-order valence-electron chi connectivity index (χ4n) is 6.21. The number of piperidine rings is 2. The van der Waals surface area contributed by atoms with Gasteiger partial charge in [0, 0.05) is 35.3 Å². The van der Waals surface area contributed by atoms with E-state index in [-0.39, 0.29) is 12.1 Å². The van der Waals surface area contributed by atoms with E-state index in [2.05, 4.69) is 73.0 Å². The van der Waals surface area contributed by atoms with Gasteiger partial charge in [0.25, 0.3) is 0 Å². The van der Waals surface area contributed by atoms with Crippen LogP contribution in [0.2, 0.25) is 0 Å². The maximum Gasteiger partial charge on any atom is 0.410 e. The average molecular weight is 650 g/mol. The molecular weight excluding hydrogens is 606 g/mol. The van der Waals surface area contributed by atoms with Crippen LogP contribution in [0.15, 0.2) is 43.8 Å². The molecule has 3 aliphatic rings. The number of nitrogens with zero attached hydrogens (tertiary/aromatic N) is 3. The van der Waals surface area contributed by atoms with E-state index < -0.39 is 5.60 Å². The number of ether oxygens (including phenoxy) is 1. The van der Waals surface area contributed by atoms with Crippen LogP contribution in [0, 0.1) is 18.8 Å². The lowest BCUT2D eigenvalue weighted by Crippen LogP contribution is -2.44. The molecule has 0 saturated carbocycles. The molecule has 5 nitrogen and oxygen atoms in total. The van der Waals surface area contributed by atoms with Crippen LogP contribution in [0.5, 0.6) is 0 Å². The number of aryl methyl sites for hydroxylation is 2. The van der Waals surface area contributed by atoms with Crippen LogP contribution >= 0.6 is 31.9 Å². The Morgan fingerprint density at radius 1 is 1.05 bits per heavy atom. The van der Waals surface area contributed by atoms with Crippen LogP contribution in [-0.2, 0) is 11.2 Å². The number of carbonyl (C=O) groups is 1. The minimum absolute atomic E-state index is 0.160. The molecule has 1 unspecified atom stereocenters. The summed E-state index contributed by atoms with van der Waals surface area (Å²) in [7, 11) is 1.81. The van der Waals surface area contributed by atoms with Crippen LogP contribution in [0.25, 0.3) is 0 Å². The number of hydrogen-bond donors (Lipinski definition) is 0. The molecule has 0 N–H and O–H groups in total. The van der Waals surface area contributed by atoms with Crippen molar-refractivity contribution in [1.29, 1.82) is 0 Å². The van der Waals surface area contributed by atoms with Crippen molar-refractivity contribution in [3.05, 3.63) is 55.5 Å². The van der Waals surface area contributed by atoms with Crippen molar-refractivity contribution >= 4 is 44.2 Å². The zero-order valence-corrected chi connectivity index (χ0v) is 26.8. The van der Waals surface area contributed by atoms with E-state index >= 15 is 0 Å². The smallest absolute Gasteiger partial charge is 0.410 e. The van der Waals surface area contributed by atoms with Crippen molar-refractivity contribution in [1.82, 2.24) is 9.80 Å². The van der Waals surface area contributed by atoms with Gasteiger partial charge < -0.3 is 9.64 Å². The highest BCUT2D eigenvalue weighted by molar-refractivity contribution is 9.12. The highest BCUT2D eigenvalue weighted by Gasteiger charge is 2.34. The van der Waals surface area contributed by atoms with Gasteiger partial charge >= 0.3 is 6.09 Å². The maximum absolute atomic E-state index is 12.5. The fourth-order valence-corrected chi connectivity index (χ4v) is 7.07. The number of aliphatic imine (C=N–C) groups is 1. The third-order valence-electron chi connectivity index (χ3n) is 8.20. The SMILES string of the molecule is CN=C/C(Br)=C\C1=CC(N2CCC(C3CCN(C(=O)OC(C)(C)C)CC3)CC2)c2cc(Br)c(C)cc2CC1. The van der Waals surface area contributed by atoms with E-state index in [1.54, 1.807) is 7.05 Å². The number of hydrogen-bond acceptors (Lipinski definition) is 4. The molecule has 1 amide bonds. The number of carbonyl (C=O) groups excluding carboxylic acids is 1. The van der Waals surface area contributed by atoms with Crippen molar-refractivity contribution < 1.29 is 9.53 Å². The normalized spacial score (nSPS) is 22.8. The van der Waals surface area contributed by atoms with Crippen molar-refractivity contribution in [2.75, 3.05) is 33.2 Å². The molecule has 0 aromatic heterocycles. The van der Waals surface area contributed by atoms with Crippen molar-refractivity contribution in [3.8, 4) is 0 Å². The first kappa shape index (κ1) is 29.5. The lowest BCUT2D eigenvalue weighted by atomic mass is 9.78. The van der Waals surface area contributed by atoms with E-state index in [9.17, 15) is 4.79 Å². The number of halogens is 2. The molecule has 0 spiro atoms. The van der Waals surface area contributed by atoms with Crippen molar-refractivity contribution in [3.63, 3.8) is 0 Å². The molecule has 2 fully saturated rings. The van der Waals surface area contributed by atoms with E-state index in [4.69, 9.17) is 4.74 Å². The quantitative estimate of drug-likeness (QED) is 0.311. The Morgan fingerprint density at radius 3 is 2.29 bits per heavy atom. The zero-order chi connectivity index (χ0) is 27.4. The number of likely N-dealkylation sites (tertiary alicyclic amines) is 2. The highest BCUT2D eigenvalue weighted by atomic mass is 79.9. The van der Waals surface area contributed by atoms with Crippen LogP contribution < -0.4 is 0 Å². The summed E-state index contributed by atoms with van der Waals surface area (Å²) in [6.07, 6.45) is 13.1. The first-order valence-corrected chi connectivity index (χ1v) is 15.6. The Balaban J connectivity index is 1.44. The largest absolute Gasteiger partial charge is 0.444 e. The first-order valence-electron chi connectivity index (χ1n) is 14.0. The monoisotopic (exact) mass is 647 g/mol. The molecule has 208 valence electrons. The number of benzene rings is 1. The Labute approximate surface area is 246 Å². The molecule has 4 rings (SSSR count).